The first-order valence-electron chi connectivity index (χ1n) is 5.92. The van der Waals surface area contributed by atoms with Gasteiger partial charge in [-0.1, -0.05) is 0 Å². The molecule has 0 amide bonds. The van der Waals surface area contributed by atoms with Crippen LogP contribution in [-0.2, 0) is 0 Å². The number of nitrogens with zero attached hydrogens (tertiary/aromatic N) is 5. The summed E-state index contributed by atoms with van der Waals surface area (Å²) in [6.45, 7) is 2.28. The van der Waals surface area contributed by atoms with Crippen LogP contribution in [0.1, 0.15) is 12.5 Å². The minimum Gasteiger partial charge on any atom is -0.464 e. The molecule has 0 bridgehead atoms. The standard InChI is InChI=1S/C13H12ClN5O/c1-3-20-13-17-11(14)16-12(18-13)19(2)10-6-4-9(8-15)5-7-10/h4-7H,3H2,1-2H3. The molecule has 0 radical (unpaired) electrons. The number of nitriles is 1. The number of hydrogen-bond donors (Lipinski definition) is 0. The molecule has 0 aliphatic rings. The van der Waals surface area contributed by atoms with Gasteiger partial charge in [0, 0.05) is 12.7 Å². The molecule has 20 heavy (non-hydrogen) atoms. The van der Waals surface area contributed by atoms with Crippen LogP contribution in [0.4, 0.5) is 11.6 Å². The molecule has 0 unspecified atom stereocenters. The molecule has 7 heteroatoms. The van der Waals surface area contributed by atoms with E-state index in [4.69, 9.17) is 21.6 Å². The molecule has 0 aliphatic carbocycles. The first-order valence-corrected chi connectivity index (χ1v) is 6.30. The Morgan fingerprint density at radius 2 is 1.95 bits per heavy atom. The Labute approximate surface area is 121 Å². The predicted molar refractivity (Wildman–Crippen MR) is 75.2 cm³/mol. The minimum absolute atomic E-state index is 0.0685. The van der Waals surface area contributed by atoms with Crippen LogP contribution in [0.15, 0.2) is 24.3 Å². The van der Waals surface area contributed by atoms with Crippen LogP contribution in [0, 0.1) is 11.3 Å². The van der Waals surface area contributed by atoms with E-state index in [9.17, 15) is 0 Å². The lowest BCUT2D eigenvalue weighted by Gasteiger charge is -2.17. The molecular weight excluding hydrogens is 278 g/mol. The van der Waals surface area contributed by atoms with Crippen LogP contribution >= 0.6 is 11.6 Å². The van der Waals surface area contributed by atoms with Crippen molar-refractivity contribution in [2.75, 3.05) is 18.6 Å². The maximum Gasteiger partial charge on any atom is 0.322 e. The van der Waals surface area contributed by atoms with Crippen LogP contribution in [0.3, 0.4) is 0 Å². The van der Waals surface area contributed by atoms with E-state index in [1.807, 2.05) is 6.92 Å². The number of halogens is 1. The summed E-state index contributed by atoms with van der Waals surface area (Å²) < 4.78 is 5.23. The van der Waals surface area contributed by atoms with Gasteiger partial charge >= 0.3 is 6.01 Å². The van der Waals surface area contributed by atoms with Crippen molar-refractivity contribution >= 4 is 23.2 Å². The maximum atomic E-state index is 8.79. The lowest BCUT2D eigenvalue weighted by molar-refractivity contribution is 0.311. The second-order valence-corrected chi connectivity index (χ2v) is 4.18. The largest absolute Gasteiger partial charge is 0.464 e. The van der Waals surface area contributed by atoms with E-state index in [1.54, 1.807) is 36.2 Å². The quantitative estimate of drug-likeness (QED) is 0.861. The third kappa shape index (κ3) is 3.13. The molecule has 2 rings (SSSR count). The van der Waals surface area contributed by atoms with Crippen LogP contribution in [-0.4, -0.2) is 28.6 Å². The molecule has 0 aliphatic heterocycles. The molecule has 0 saturated heterocycles. The van der Waals surface area contributed by atoms with Crippen molar-refractivity contribution in [1.29, 1.82) is 5.26 Å². The fraction of sp³-hybridized carbons (Fsp3) is 0.231. The van der Waals surface area contributed by atoms with E-state index in [-0.39, 0.29) is 11.3 Å². The van der Waals surface area contributed by atoms with E-state index in [0.717, 1.165) is 5.69 Å². The van der Waals surface area contributed by atoms with Crippen LogP contribution in [0.2, 0.25) is 5.28 Å². The molecule has 1 aromatic carbocycles. The van der Waals surface area contributed by atoms with Gasteiger partial charge in [0.1, 0.15) is 0 Å². The van der Waals surface area contributed by atoms with E-state index in [1.165, 1.54) is 0 Å². The van der Waals surface area contributed by atoms with Gasteiger partial charge in [0.2, 0.25) is 11.2 Å². The van der Waals surface area contributed by atoms with Crippen molar-refractivity contribution in [3.05, 3.63) is 35.1 Å². The Balaban J connectivity index is 2.31. The lowest BCUT2D eigenvalue weighted by atomic mass is 10.2. The van der Waals surface area contributed by atoms with Gasteiger partial charge in [-0.15, -0.1) is 0 Å². The summed E-state index contributed by atoms with van der Waals surface area (Å²) in [5.41, 5.74) is 1.42. The molecule has 2 aromatic rings. The fourth-order valence-electron chi connectivity index (χ4n) is 1.54. The van der Waals surface area contributed by atoms with Gasteiger partial charge in [-0.25, -0.2) is 0 Å². The highest BCUT2D eigenvalue weighted by molar-refractivity contribution is 6.28. The fourth-order valence-corrected chi connectivity index (χ4v) is 1.69. The molecular formula is C13H12ClN5O. The molecule has 1 aromatic heterocycles. The Morgan fingerprint density at radius 1 is 1.25 bits per heavy atom. The van der Waals surface area contributed by atoms with Gasteiger partial charge < -0.3 is 9.64 Å². The highest BCUT2D eigenvalue weighted by atomic mass is 35.5. The summed E-state index contributed by atoms with van der Waals surface area (Å²) in [6.07, 6.45) is 0. The van der Waals surface area contributed by atoms with Gasteiger partial charge in [0.05, 0.1) is 18.2 Å². The average molecular weight is 290 g/mol. The molecule has 0 atom stereocenters. The average Bonchev–Trinajstić information content (AvgIpc) is 2.46. The zero-order valence-electron chi connectivity index (χ0n) is 11.0. The second-order valence-electron chi connectivity index (χ2n) is 3.84. The second kappa shape index (κ2) is 6.17. The molecule has 0 spiro atoms. The molecule has 0 fully saturated rings. The Kier molecular flexibility index (Phi) is 4.33. The van der Waals surface area contributed by atoms with Crippen LogP contribution in [0.5, 0.6) is 6.01 Å². The Bertz CT molecular complexity index is 638. The van der Waals surface area contributed by atoms with Gasteiger partial charge in [0.25, 0.3) is 0 Å². The van der Waals surface area contributed by atoms with E-state index >= 15 is 0 Å². The molecule has 0 N–H and O–H groups in total. The maximum absolute atomic E-state index is 8.79. The molecule has 0 saturated carbocycles. The summed E-state index contributed by atoms with van der Waals surface area (Å²) in [6, 6.07) is 9.30. The van der Waals surface area contributed by atoms with E-state index in [0.29, 0.717) is 18.1 Å². The zero-order valence-corrected chi connectivity index (χ0v) is 11.8. The minimum atomic E-state index is 0.0685. The number of benzene rings is 1. The van der Waals surface area contributed by atoms with Crippen LogP contribution < -0.4 is 9.64 Å². The van der Waals surface area contributed by atoms with Crippen molar-refractivity contribution in [2.24, 2.45) is 0 Å². The number of hydrogen-bond acceptors (Lipinski definition) is 6. The predicted octanol–water partition coefficient (Wildman–Crippen LogP) is 2.56. The first-order chi connectivity index (χ1) is 9.63. The number of anilines is 2. The lowest BCUT2D eigenvalue weighted by Crippen LogP contribution is -2.14. The molecule has 1 heterocycles. The Hall–Kier alpha value is -2.39. The first kappa shape index (κ1) is 14.0. The topological polar surface area (TPSA) is 74.9 Å². The summed E-state index contributed by atoms with van der Waals surface area (Å²) in [5.74, 6) is 0.373. The molecule has 102 valence electrons. The number of aromatic nitrogens is 3. The van der Waals surface area contributed by atoms with E-state index in [2.05, 4.69) is 21.0 Å². The van der Waals surface area contributed by atoms with Crippen molar-refractivity contribution in [2.45, 2.75) is 6.92 Å². The third-order valence-electron chi connectivity index (χ3n) is 2.53. The summed E-state index contributed by atoms with van der Waals surface area (Å²) in [7, 11) is 1.79. The summed E-state index contributed by atoms with van der Waals surface area (Å²) in [5, 5.41) is 8.85. The Morgan fingerprint density at radius 3 is 2.55 bits per heavy atom. The number of ether oxygens (including phenoxy) is 1. The SMILES string of the molecule is CCOc1nc(Cl)nc(N(C)c2ccc(C#N)cc2)n1. The van der Waals surface area contributed by atoms with Crippen molar-refractivity contribution in [3.8, 4) is 12.1 Å². The van der Waals surface area contributed by atoms with Crippen molar-refractivity contribution in [1.82, 2.24) is 15.0 Å². The van der Waals surface area contributed by atoms with Gasteiger partial charge in [0.15, 0.2) is 0 Å². The van der Waals surface area contributed by atoms with Gasteiger partial charge in [-0.2, -0.15) is 20.2 Å². The van der Waals surface area contributed by atoms with Crippen molar-refractivity contribution in [3.63, 3.8) is 0 Å². The smallest absolute Gasteiger partial charge is 0.322 e. The highest BCUT2D eigenvalue weighted by Crippen LogP contribution is 2.22. The normalized spacial score (nSPS) is 9.90. The van der Waals surface area contributed by atoms with Gasteiger partial charge in [-0.3, -0.25) is 0 Å². The summed E-state index contributed by atoms with van der Waals surface area (Å²) >= 11 is 5.85. The third-order valence-corrected chi connectivity index (χ3v) is 2.70. The van der Waals surface area contributed by atoms with E-state index < -0.39 is 0 Å². The monoisotopic (exact) mass is 289 g/mol. The molecule has 6 nitrogen and oxygen atoms in total. The summed E-state index contributed by atoms with van der Waals surface area (Å²) in [4.78, 5) is 13.8. The number of rotatable bonds is 4. The van der Waals surface area contributed by atoms with Crippen LogP contribution in [0.25, 0.3) is 0 Å². The zero-order chi connectivity index (χ0) is 14.5. The van der Waals surface area contributed by atoms with Gasteiger partial charge in [-0.05, 0) is 42.8 Å². The highest BCUT2D eigenvalue weighted by Gasteiger charge is 2.11. The van der Waals surface area contributed by atoms with Crippen molar-refractivity contribution < 1.29 is 4.74 Å².